The van der Waals surface area contributed by atoms with Crippen LogP contribution in [0.2, 0.25) is 4.34 Å². The van der Waals surface area contributed by atoms with E-state index in [4.69, 9.17) is 16.7 Å². The molecule has 0 aliphatic carbocycles. The first-order valence-electron chi connectivity index (χ1n) is 4.87. The topological polar surface area (TPSA) is 83.5 Å². The van der Waals surface area contributed by atoms with Gasteiger partial charge in [0.2, 0.25) is 0 Å². The molecule has 1 aromatic heterocycles. The van der Waals surface area contributed by atoms with Gasteiger partial charge < -0.3 is 5.11 Å². The minimum absolute atomic E-state index is 0.0184. The molecule has 1 atom stereocenters. The Hall–Kier alpha value is -0.630. The third-order valence-corrected chi connectivity index (χ3v) is 5.18. The van der Waals surface area contributed by atoms with Gasteiger partial charge in [-0.25, -0.2) is 8.42 Å². The van der Waals surface area contributed by atoms with Crippen LogP contribution in [0.25, 0.3) is 0 Å². The Kier molecular flexibility index (Phi) is 4.93. The maximum atomic E-state index is 11.8. The summed E-state index contributed by atoms with van der Waals surface area (Å²) >= 11 is 6.53. The van der Waals surface area contributed by atoms with Crippen LogP contribution >= 0.6 is 22.9 Å². The first kappa shape index (κ1) is 14.4. The highest BCUT2D eigenvalue weighted by atomic mass is 35.5. The van der Waals surface area contributed by atoms with Crippen molar-refractivity contribution in [3.63, 3.8) is 0 Å². The van der Waals surface area contributed by atoms with E-state index >= 15 is 0 Å². The van der Waals surface area contributed by atoms with E-state index in [0.717, 1.165) is 11.3 Å². The number of sulfonamides is 1. The summed E-state index contributed by atoms with van der Waals surface area (Å²) in [5, 5.41) is 8.87. The van der Waals surface area contributed by atoms with E-state index in [2.05, 4.69) is 4.72 Å². The molecule has 0 fully saturated rings. The van der Waals surface area contributed by atoms with Gasteiger partial charge in [-0.1, -0.05) is 24.9 Å². The first-order valence-corrected chi connectivity index (χ1v) is 7.55. The molecule has 0 unspecified atom stereocenters. The molecule has 2 N–H and O–H groups in total. The second-order valence-electron chi connectivity index (χ2n) is 3.36. The van der Waals surface area contributed by atoms with Crippen molar-refractivity contribution in [1.29, 1.82) is 0 Å². The normalized spacial score (nSPS) is 13.5. The molecule has 0 saturated heterocycles. The van der Waals surface area contributed by atoms with Crippen molar-refractivity contribution < 1.29 is 18.3 Å². The third-order valence-electron chi connectivity index (χ3n) is 1.99. The second-order valence-corrected chi connectivity index (χ2v) is 7.02. The zero-order valence-electron chi connectivity index (χ0n) is 9.01. The molecular formula is C9H12ClNO4S2. The Balaban J connectivity index is 2.88. The van der Waals surface area contributed by atoms with Crippen molar-refractivity contribution in [2.75, 3.05) is 0 Å². The molecule has 0 aliphatic heterocycles. The SMILES string of the molecule is CCC[C@@H](NS(=O)(=O)c1ccc(Cl)s1)C(=O)O. The molecule has 17 heavy (non-hydrogen) atoms. The van der Waals surface area contributed by atoms with E-state index in [1.807, 2.05) is 0 Å². The van der Waals surface area contributed by atoms with Gasteiger partial charge in [-0.3, -0.25) is 4.79 Å². The fourth-order valence-corrected chi connectivity index (χ4v) is 3.93. The number of halogens is 1. The van der Waals surface area contributed by atoms with E-state index in [-0.39, 0.29) is 10.6 Å². The Morgan fingerprint density at radius 2 is 2.24 bits per heavy atom. The predicted octanol–water partition coefficient (Wildman–Crippen LogP) is 1.93. The van der Waals surface area contributed by atoms with Crippen LogP contribution in [-0.2, 0) is 14.8 Å². The quantitative estimate of drug-likeness (QED) is 0.840. The number of thiophene rings is 1. The molecule has 0 bridgehead atoms. The number of rotatable bonds is 6. The van der Waals surface area contributed by atoms with E-state index in [0.29, 0.717) is 10.8 Å². The van der Waals surface area contributed by atoms with Crippen molar-refractivity contribution in [2.24, 2.45) is 0 Å². The fourth-order valence-electron chi connectivity index (χ4n) is 1.21. The lowest BCUT2D eigenvalue weighted by Gasteiger charge is -2.12. The maximum absolute atomic E-state index is 11.8. The van der Waals surface area contributed by atoms with Crippen LogP contribution < -0.4 is 4.72 Å². The fraction of sp³-hybridized carbons (Fsp3) is 0.444. The lowest BCUT2D eigenvalue weighted by atomic mass is 10.2. The monoisotopic (exact) mass is 297 g/mol. The molecule has 0 spiro atoms. The highest BCUT2D eigenvalue weighted by Gasteiger charge is 2.25. The zero-order valence-corrected chi connectivity index (χ0v) is 11.4. The number of carbonyl (C=O) groups is 1. The van der Waals surface area contributed by atoms with Crippen molar-refractivity contribution in [2.45, 2.75) is 30.0 Å². The molecule has 5 nitrogen and oxygen atoms in total. The molecule has 1 aromatic rings. The van der Waals surface area contributed by atoms with Gasteiger partial charge in [0.15, 0.2) is 0 Å². The lowest BCUT2D eigenvalue weighted by Crippen LogP contribution is -2.40. The second kappa shape index (κ2) is 5.81. The van der Waals surface area contributed by atoms with E-state index < -0.39 is 22.0 Å². The maximum Gasteiger partial charge on any atom is 0.321 e. The van der Waals surface area contributed by atoms with E-state index in [9.17, 15) is 13.2 Å². The van der Waals surface area contributed by atoms with Crippen molar-refractivity contribution in [1.82, 2.24) is 4.72 Å². The molecule has 0 amide bonds. The Bertz CT molecular complexity index is 497. The standard InChI is InChI=1S/C9H12ClNO4S2/c1-2-3-6(9(12)13)11-17(14,15)8-5-4-7(10)16-8/h4-6,11H,2-3H2,1H3,(H,12,13)/t6-/m1/s1. The summed E-state index contributed by atoms with van der Waals surface area (Å²) in [6.45, 7) is 1.78. The van der Waals surface area contributed by atoms with Crippen LogP contribution in [0.1, 0.15) is 19.8 Å². The molecule has 96 valence electrons. The van der Waals surface area contributed by atoms with Crippen molar-refractivity contribution in [3.05, 3.63) is 16.5 Å². The lowest BCUT2D eigenvalue weighted by molar-refractivity contribution is -0.139. The summed E-state index contributed by atoms with van der Waals surface area (Å²) in [6, 6.07) is 1.70. The molecule has 1 rings (SSSR count). The van der Waals surface area contributed by atoms with Crippen LogP contribution in [0.15, 0.2) is 16.3 Å². The number of carboxylic acid groups (broad SMARTS) is 1. The summed E-state index contributed by atoms with van der Waals surface area (Å²) in [7, 11) is -3.80. The minimum atomic E-state index is -3.80. The summed E-state index contributed by atoms with van der Waals surface area (Å²) < 4.78 is 26.1. The number of aliphatic carboxylic acids is 1. The van der Waals surface area contributed by atoms with Crippen LogP contribution in [0.3, 0.4) is 0 Å². The summed E-state index contributed by atoms with van der Waals surface area (Å²) in [6.07, 6.45) is 0.818. The number of hydrogen-bond donors (Lipinski definition) is 2. The number of carboxylic acids is 1. The van der Waals surface area contributed by atoms with Gasteiger partial charge in [-0.15, -0.1) is 11.3 Å². The van der Waals surface area contributed by atoms with Crippen LogP contribution in [0.4, 0.5) is 0 Å². The predicted molar refractivity (Wildman–Crippen MR) is 66.0 cm³/mol. The van der Waals surface area contributed by atoms with Gasteiger partial charge in [-0.05, 0) is 18.6 Å². The Labute approximate surface area is 108 Å². The molecule has 1 heterocycles. The van der Waals surface area contributed by atoms with Gasteiger partial charge >= 0.3 is 5.97 Å². The van der Waals surface area contributed by atoms with E-state index in [1.165, 1.54) is 12.1 Å². The van der Waals surface area contributed by atoms with Gasteiger partial charge in [0.05, 0.1) is 4.34 Å². The third kappa shape index (κ3) is 3.95. The molecule has 0 aliphatic rings. The first-order chi connectivity index (χ1) is 7.86. The largest absolute Gasteiger partial charge is 0.480 e. The summed E-state index contributed by atoms with van der Waals surface area (Å²) in [5.41, 5.74) is 0. The number of hydrogen-bond acceptors (Lipinski definition) is 4. The summed E-state index contributed by atoms with van der Waals surface area (Å²) in [5.74, 6) is -1.18. The minimum Gasteiger partial charge on any atom is -0.480 e. The van der Waals surface area contributed by atoms with E-state index in [1.54, 1.807) is 6.92 Å². The average molecular weight is 298 g/mol. The highest BCUT2D eigenvalue weighted by Crippen LogP contribution is 2.25. The van der Waals surface area contributed by atoms with Gasteiger partial charge in [-0.2, -0.15) is 4.72 Å². The van der Waals surface area contributed by atoms with Crippen LogP contribution in [0, 0.1) is 0 Å². The highest BCUT2D eigenvalue weighted by molar-refractivity contribution is 7.91. The molecule has 0 radical (unpaired) electrons. The number of nitrogens with one attached hydrogen (secondary N) is 1. The van der Waals surface area contributed by atoms with Crippen LogP contribution in [-0.4, -0.2) is 25.5 Å². The van der Waals surface area contributed by atoms with Gasteiger partial charge in [0.25, 0.3) is 10.0 Å². The van der Waals surface area contributed by atoms with Crippen LogP contribution in [0.5, 0.6) is 0 Å². The van der Waals surface area contributed by atoms with Gasteiger partial charge in [0, 0.05) is 0 Å². The van der Waals surface area contributed by atoms with Crippen molar-refractivity contribution in [3.8, 4) is 0 Å². The van der Waals surface area contributed by atoms with Gasteiger partial charge in [0.1, 0.15) is 10.3 Å². The molecule has 0 saturated carbocycles. The molecule has 8 heteroatoms. The molecular weight excluding hydrogens is 286 g/mol. The molecule has 0 aromatic carbocycles. The average Bonchev–Trinajstić information content (AvgIpc) is 2.64. The zero-order chi connectivity index (χ0) is 13.1. The van der Waals surface area contributed by atoms with Crippen molar-refractivity contribution >= 4 is 38.9 Å². The smallest absolute Gasteiger partial charge is 0.321 e. The summed E-state index contributed by atoms with van der Waals surface area (Å²) in [4.78, 5) is 10.9. The Morgan fingerprint density at radius 1 is 1.59 bits per heavy atom. The Morgan fingerprint density at radius 3 is 2.65 bits per heavy atom.